The predicted octanol–water partition coefficient (Wildman–Crippen LogP) is 3.43. The smallest absolute Gasteiger partial charge is 0.303 e. The third-order valence-electron chi connectivity index (χ3n) is 6.12. The first kappa shape index (κ1) is 19.5. The van der Waals surface area contributed by atoms with Crippen LogP contribution in [0.1, 0.15) is 24.2 Å². The first-order valence-corrected chi connectivity index (χ1v) is 10.1. The van der Waals surface area contributed by atoms with Gasteiger partial charge in [-0.1, -0.05) is 30.3 Å². The van der Waals surface area contributed by atoms with Crippen LogP contribution in [0.4, 0.5) is 0 Å². The summed E-state index contributed by atoms with van der Waals surface area (Å²) in [6.07, 6.45) is 1.79. The molecule has 0 spiro atoms. The van der Waals surface area contributed by atoms with Crippen molar-refractivity contribution in [3.05, 3.63) is 59.9 Å². The zero-order valence-corrected chi connectivity index (χ0v) is 16.7. The molecule has 2 aromatic carbocycles. The van der Waals surface area contributed by atoms with E-state index >= 15 is 0 Å². The Labute approximate surface area is 170 Å². The van der Waals surface area contributed by atoms with Gasteiger partial charge in [-0.3, -0.25) is 9.69 Å². The van der Waals surface area contributed by atoms with Crippen molar-refractivity contribution in [3.63, 3.8) is 0 Å². The number of aromatic nitrogens is 2. The van der Waals surface area contributed by atoms with Crippen molar-refractivity contribution in [1.82, 2.24) is 14.5 Å². The maximum atomic E-state index is 11.4. The molecule has 4 rings (SSSR count). The Morgan fingerprint density at radius 3 is 2.66 bits per heavy atom. The number of hydrogen-bond acceptors (Lipinski definition) is 4. The molecule has 152 valence electrons. The van der Waals surface area contributed by atoms with Crippen LogP contribution in [0, 0.1) is 11.8 Å². The number of aromatic hydroxyl groups is 1. The normalized spacial score (nSPS) is 20.2. The number of rotatable bonds is 6. The lowest BCUT2D eigenvalue weighted by Crippen LogP contribution is -2.42. The minimum atomic E-state index is -0.737. The van der Waals surface area contributed by atoms with Crippen LogP contribution < -0.4 is 0 Å². The third-order valence-corrected chi connectivity index (χ3v) is 6.12. The van der Waals surface area contributed by atoms with Gasteiger partial charge < -0.3 is 14.8 Å². The van der Waals surface area contributed by atoms with Crippen molar-refractivity contribution in [2.45, 2.75) is 25.8 Å². The van der Waals surface area contributed by atoms with Gasteiger partial charge in [-0.05, 0) is 43.0 Å². The number of likely N-dealkylation sites (tertiary alicyclic amines) is 1. The van der Waals surface area contributed by atoms with Gasteiger partial charge >= 0.3 is 5.97 Å². The first-order valence-electron chi connectivity index (χ1n) is 10.1. The van der Waals surface area contributed by atoms with E-state index in [1.54, 1.807) is 6.07 Å². The average molecular weight is 393 g/mol. The summed E-state index contributed by atoms with van der Waals surface area (Å²) in [5, 5.41) is 19.5. The number of nitrogens with zero attached hydrogens (tertiary/aromatic N) is 3. The number of aryl methyl sites for hydroxylation is 1. The van der Waals surface area contributed by atoms with Gasteiger partial charge in [-0.15, -0.1) is 0 Å². The quantitative estimate of drug-likeness (QED) is 0.671. The summed E-state index contributed by atoms with van der Waals surface area (Å²) in [5.41, 5.74) is 2.98. The van der Waals surface area contributed by atoms with E-state index in [4.69, 9.17) is 4.98 Å². The number of phenols is 1. The van der Waals surface area contributed by atoms with Gasteiger partial charge in [0.15, 0.2) is 0 Å². The molecule has 0 aliphatic carbocycles. The van der Waals surface area contributed by atoms with Gasteiger partial charge in [0, 0.05) is 38.5 Å². The molecule has 1 fully saturated rings. The van der Waals surface area contributed by atoms with Crippen molar-refractivity contribution in [3.8, 4) is 5.75 Å². The van der Waals surface area contributed by atoms with Crippen molar-refractivity contribution >= 4 is 17.0 Å². The zero-order valence-electron chi connectivity index (χ0n) is 16.7. The molecule has 6 nitrogen and oxygen atoms in total. The van der Waals surface area contributed by atoms with Gasteiger partial charge in [0.25, 0.3) is 0 Å². The second-order valence-electron chi connectivity index (χ2n) is 8.05. The highest BCUT2D eigenvalue weighted by atomic mass is 16.4. The molecule has 1 aromatic heterocycles. The second-order valence-corrected chi connectivity index (χ2v) is 8.05. The van der Waals surface area contributed by atoms with E-state index in [1.165, 1.54) is 0 Å². The molecule has 0 radical (unpaired) electrons. The molecule has 2 N–H and O–H groups in total. The number of carbonyl (C=O) groups is 1. The first-order chi connectivity index (χ1) is 14.0. The summed E-state index contributed by atoms with van der Waals surface area (Å²) in [7, 11) is 2.03. The Morgan fingerprint density at radius 1 is 1.14 bits per heavy atom. The molecule has 1 saturated heterocycles. The molecule has 3 aromatic rings. The van der Waals surface area contributed by atoms with E-state index in [0.29, 0.717) is 12.3 Å². The van der Waals surface area contributed by atoms with Crippen LogP contribution in [0.25, 0.3) is 11.0 Å². The Morgan fingerprint density at radius 2 is 1.90 bits per heavy atom. The van der Waals surface area contributed by atoms with Crippen molar-refractivity contribution in [1.29, 1.82) is 0 Å². The topological polar surface area (TPSA) is 78.6 Å². The standard InChI is InChI=1S/C23H27N3O3/c1-25-20-8-4-3-7-19(20)24-22(25)12-18-15-26(11-10-16(18)13-23(28)29)14-17-6-2-5-9-21(17)27/h2-9,16,18,27H,10-15H2,1H3,(H,28,29)/t16-,18-/m0/s1. The molecular formula is C23H27N3O3. The summed E-state index contributed by atoms with van der Waals surface area (Å²) in [4.78, 5) is 18.5. The molecular weight excluding hydrogens is 366 g/mol. The van der Waals surface area contributed by atoms with E-state index in [1.807, 2.05) is 43.4 Å². The van der Waals surface area contributed by atoms with E-state index in [9.17, 15) is 15.0 Å². The highest BCUT2D eigenvalue weighted by molar-refractivity contribution is 5.75. The number of carboxylic acid groups (broad SMARTS) is 1. The molecule has 2 heterocycles. The lowest BCUT2D eigenvalue weighted by molar-refractivity contribution is -0.139. The van der Waals surface area contributed by atoms with Crippen LogP contribution in [-0.2, 0) is 24.8 Å². The maximum Gasteiger partial charge on any atom is 0.303 e. The molecule has 0 amide bonds. The van der Waals surface area contributed by atoms with E-state index < -0.39 is 5.97 Å². The summed E-state index contributed by atoms with van der Waals surface area (Å²) in [6, 6.07) is 15.5. The highest BCUT2D eigenvalue weighted by Crippen LogP contribution is 2.31. The lowest BCUT2D eigenvalue weighted by atomic mass is 9.81. The Hall–Kier alpha value is -2.86. The minimum absolute atomic E-state index is 0.132. The fourth-order valence-electron chi connectivity index (χ4n) is 4.52. The van der Waals surface area contributed by atoms with E-state index in [2.05, 4.69) is 15.5 Å². The number of phenolic OH excluding ortho intramolecular Hbond substituents is 1. The number of fused-ring (bicyclic) bond motifs is 1. The second kappa shape index (κ2) is 8.25. The van der Waals surface area contributed by atoms with Crippen LogP contribution in [0.3, 0.4) is 0 Å². The summed E-state index contributed by atoms with van der Waals surface area (Å²) in [6.45, 7) is 2.31. The summed E-state index contributed by atoms with van der Waals surface area (Å²) in [5.74, 6) is 0.913. The van der Waals surface area contributed by atoms with E-state index in [-0.39, 0.29) is 18.3 Å². The molecule has 2 atom stereocenters. The molecule has 1 aliphatic rings. The molecule has 6 heteroatoms. The number of carboxylic acids is 1. The largest absolute Gasteiger partial charge is 0.508 e. The van der Waals surface area contributed by atoms with Crippen LogP contribution in [0.15, 0.2) is 48.5 Å². The van der Waals surface area contributed by atoms with Gasteiger partial charge in [-0.25, -0.2) is 4.98 Å². The van der Waals surface area contributed by atoms with Crippen LogP contribution in [-0.4, -0.2) is 43.7 Å². The molecule has 0 saturated carbocycles. The molecule has 1 aliphatic heterocycles. The summed E-state index contributed by atoms with van der Waals surface area (Å²) < 4.78 is 2.12. The van der Waals surface area contributed by atoms with Crippen LogP contribution >= 0.6 is 0 Å². The van der Waals surface area contributed by atoms with Gasteiger partial charge in [0.05, 0.1) is 11.0 Å². The lowest BCUT2D eigenvalue weighted by Gasteiger charge is -2.38. The molecule has 0 unspecified atom stereocenters. The third kappa shape index (κ3) is 4.27. The number of para-hydroxylation sites is 3. The van der Waals surface area contributed by atoms with Crippen molar-refractivity contribution in [2.24, 2.45) is 18.9 Å². The predicted molar refractivity (Wildman–Crippen MR) is 112 cm³/mol. The van der Waals surface area contributed by atoms with E-state index in [0.717, 1.165) is 48.4 Å². The zero-order chi connectivity index (χ0) is 20.4. The van der Waals surface area contributed by atoms with Gasteiger partial charge in [0.2, 0.25) is 0 Å². The number of aliphatic carboxylic acids is 1. The fourth-order valence-corrected chi connectivity index (χ4v) is 4.52. The number of piperidine rings is 1. The Balaban J connectivity index is 1.55. The monoisotopic (exact) mass is 393 g/mol. The average Bonchev–Trinajstić information content (AvgIpc) is 3.01. The fraction of sp³-hybridized carbons (Fsp3) is 0.391. The van der Waals surface area contributed by atoms with Gasteiger partial charge in [-0.2, -0.15) is 0 Å². The maximum absolute atomic E-state index is 11.4. The van der Waals surface area contributed by atoms with Crippen molar-refractivity contribution in [2.75, 3.05) is 13.1 Å². The summed E-state index contributed by atoms with van der Waals surface area (Å²) >= 11 is 0. The van der Waals surface area contributed by atoms with Crippen molar-refractivity contribution < 1.29 is 15.0 Å². The van der Waals surface area contributed by atoms with Crippen LogP contribution in [0.2, 0.25) is 0 Å². The Kier molecular flexibility index (Phi) is 5.53. The number of benzene rings is 2. The van der Waals surface area contributed by atoms with Gasteiger partial charge in [0.1, 0.15) is 11.6 Å². The highest BCUT2D eigenvalue weighted by Gasteiger charge is 2.32. The molecule has 29 heavy (non-hydrogen) atoms. The molecule has 0 bridgehead atoms. The minimum Gasteiger partial charge on any atom is -0.508 e. The number of imidazole rings is 1. The van der Waals surface area contributed by atoms with Crippen LogP contribution in [0.5, 0.6) is 5.75 Å². The SMILES string of the molecule is Cn1c(C[C@H]2CN(Cc3ccccc3O)CC[C@H]2CC(=O)O)nc2ccccc21. The number of hydrogen-bond donors (Lipinski definition) is 2. The Bertz CT molecular complexity index is 1010.